The van der Waals surface area contributed by atoms with Crippen LogP contribution in [0.5, 0.6) is 0 Å². The summed E-state index contributed by atoms with van der Waals surface area (Å²) in [5.74, 6) is -0.665. The maximum Gasteiger partial charge on any atom is 0.265 e. The largest absolute Gasteiger partial charge is 0.334 e. The summed E-state index contributed by atoms with van der Waals surface area (Å²) >= 11 is 0. The Morgan fingerprint density at radius 2 is 2.15 bits per heavy atom. The minimum atomic E-state index is -0.356. The van der Waals surface area contributed by atoms with E-state index in [0.717, 1.165) is 5.06 Å². The molecule has 0 radical (unpaired) electrons. The number of carbonyl (C=O) groups is 2. The molecule has 0 aliphatic heterocycles. The maximum atomic E-state index is 11.3. The summed E-state index contributed by atoms with van der Waals surface area (Å²) in [5.41, 5.74) is 0. The van der Waals surface area contributed by atoms with Crippen molar-refractivity contribution in [1.29, 1.82) is 0 Å². The first-order valence-electron chi connectivity index (χ1n) is 4.65. The van der Waals surface area contributed by atoms with Gasteiger partial charge in [-0.3, -0.25) is 14.4 Å². The molecular formula is C8H16N2O3. The SMILES string of the molecule is [3H]CC(=O)N(CC)CC(=O)N(C)OC. The third-order valence-corrected chi connectivity index (χ3v) is 1.69. The molecule has 0 saturated heterocycles. The molecule has 0 heterocycles. The summed E-state index contributed by atoms with van der Waals surface area (Å²) in [6, 6.07) is 0. The molecule has 0 aliphatic rings. The van der Waals surface area contributed by atoms with E-state index in [-0.39, 0.29) is 25.3 Å². The van der Waals surface area contributed by atoms with Crippen molar-refractivity contribution in [3.8, 4) is 0 Å². The Labute approximate surface area is 79.6 Å². The fourth-order valence-corrected chi connectivity index (χ4v) is 0.741. The van der Waals surface area contributed by atoms with Crippen LogP contribution in [0.4, 0.5) is 0 Å². The van der Waals surface area contributed by atoms with Gasteiger partial charge in [-0.1, -0.05) is 0 Å². The maximum absolute atomic E-state index is 11.3. The normalized spacial score (nSPS) is 10.5. The average Bonchev–Trinajstić information content (AvgIpc) is 2.22. The highest BCUT2D eigenvalue weighted by Crippen LogP contribution is 1.92. The summed E-state index contributed by atoms with van der Waals surface area (Å²) in [5, 5.41) is 1.06. The van der Waals surface area contributed by atoms with Gasteiger partial charge < -0.3 is 4.90 Å². The molecular weight excluding hydrogens is 172 g/mol. The van der Waals surface area contributed by atoms with Crippen molar-refractivity contribution in [3.63, 3.8) is 0 Å². The smallest absolute Gasteiger partial charge is 0.265 e. The highest BCUT2D eigenvalue weighted by Gasteiger charge is 2.14. The second kappa shape index (κ2) is 5.53. The minimum absolute atomic E-state index is 0.0431. The Bertz CT molecular complexity index is 211. The fraction of sp³-hybridized carbons (Fsp3) is 0.750. The van der Waals surface area contributed by atoms with Gasteiger partial charge in [0, 0.05) is 21.9 Å². The lowest BCUT2D eigenvalue weighted by molar-refractivity contribution is -0.170. The van der Waals surface area contributed by atoms with Gasteiger partial charge in [0.1, 0.15) is 6.54 Å². The number of amides is 2. The monoisotopic (exact) mass is 190 g/mol. The molecule has 76 valence electrons. The Morgan fingerprint density at radius 1 is 1.54 bits per heavy atom. The Balaban J connectivity index is 4.18. The van der Waals surface area contributed by atoms with Crippen LogP contribution < -0.4 is 0 Å². The molecule has 0 rings (SSSR count). The summed E-state index contributed by atoms with van der Waals surface area (Å²) in [6.45, 7) is 1.80. The quantitative estimate of drug-likeness (QED) is 0.580. The van der Waals surface area contributed by atoms with Crippen LogP contribution in [-0.4, -0.2) is 49.0 Å². The first-order chi connectivity index (χ1) is 6.56. The first-order valence-corrected chi connectivity index (χ1v) is 3.94. The summed E-state index contributed by atoms with van der Waals surface area (Å²) in [4.78, 5) is 28.4. The number of hydrogen-bond acceptors (Lipinski definition) is 3. The van der Waals surface area contributed by atoms with Crippen molar-refractivity contribution in [2.75, 3.05) is 27.2 Å². The van der Waals surface area contributed by atoms with Gasteiger partial charge in [-0.2, -0.15) is 0 Å². The predicted molar refractivity (Wildman–Crippen MR) is 47.7 cm³/mol. The van der Waals surface area contributed by atoms with Gasteiger partial charge in [-0.25, -0.2) is 5.06 Å². The third-order valence-electron chi connectivity index (χ3n) is 1.69. The summed E-state index contributed by atoms with van der Waals surface area (Å²) in [6.07, 6.45) is 0. The zero-order valence-electron chi connectivity index (χ0n) is 9.24. The van der Waals surface area contributed by atoms with E-state index >= 15 is 0 Å². The molecule has 2 amide bonds. The van der Waals surface area contributed by atoms with E-state index in [9.17, 15) is 9.59 Å². The van der Waals surface area contributed by atoms with Gasteiger partial charge in [-0.15, -0.1) is 0 Å². The van der Waals surface area contributed by atoms with E-state index in [4.69, 9.17) is 1.37 Å². The summed E-state index contributed by atoms with van der Waals surface area (Å²) in [7, 11) is 2.85. The average molecular weight is 190 g/mol. The Hall–Kier alpha value is -1.10. The fourth-order valence-electron chi connectivity index (χ4n) is 0.741. The zero-order valence-corrected chi connectivity index (χ0v) is 8.24. The molecule has 0 spiro atoms. The van der Waals surface area contributed by atoms with Crippen molar-refractivity contribution in [1.82, 2.24) is 9.96 Å². The lowest BCUT2D eigenvalue weighted by Crippen LogP contribution is -2.40. The van der Waals surface area contributed by atoms with E-state index in [0.29, 0.717) is 6.54 Å². The molecule has 0 aliphatic carbocycles. The van der Waals surface area contributed by atoms with Crippen LogP contribution in [0.15, 0.2) is 0 Å². The Morgan fingerprint density at radius 3 is 2.54 bits per heavy atom. The molecule has 0 saturated carbocycles. The van der Waals surface area contributed by atoms with E-state index < -0.39 is 0 Å². The zero-order chi connectivity index (χ0) is 11.1. The van der Waals surface area contributed by atoms with Gasteiger partial charge in [0.05, 0.1) is 7.11 Å². The van der Waals surface area contributed by atoms with Crippen molar-refractivity contribution in [2.24, 2.45) is 0 Å². The van der Waals surface area contributed by atoms with Gasteiger partial charge in [0.15, 0.2) is 0 Å². The van der Waals surface area contributed by atoms with Gasteiger partial charge in [-0.05, 0) is 6.92 Å². The van der Waals surface area contributed by atoms with E-state index in [2.05, 4.69) is 4.84 Å². The van der Waals surface area contributed by atoms with E-state index in [1.54, 1.807) is 6.92 Å². The number of rotatable bonds is 4. The number of carbonyl (C=O) groups excluding carboxylic acids is 2. The van der Waals surface area contributed by atoms with Crippen molar-refractivity contribution < 1.29 is 15.8 Å². The van der Waals surface area contributed by atoms with Gasteiger partial charge in [0.25, 0.3) is 5.91 Å². The molecule has 0 aromatic rings. The van der Waals surface area contributed by atoms with Crippen LogP contribution in [0, 0.1) is 0 Å². The molecule has 0 aromatic heterocycles. The molecule has 0 aromatic carbocycles. The number of likely N-dealkylation sites (N-methyl/N-ethyl adjacent to an activating group) is 2. The summed E-state index contributed by atoms with van der Waals surface area (Å²) < 4.78 is 6.89. The van der Waals surface area contributed by atoms with E-state index in [1.165, 1.54) is 19.1 Å². The highest BCUT2D eigenvalue weighted by molar-refractivity contribution is 5.83. The van der Waals surface area contributed by atoms with Crippen LogP contribution in [0.25, 0.3) is 0 Å². The Kier molecular flexibility index (Phi) is 4.25. The second-order valence-corrected chi connectivity index (χ2v) is 2.48. The van der Waals surface area contributed by atoms with Crippen LogP contribution in [-0.2, 0) is 14.4 Å². The van der Waals surface area contributed by atoms with Gasteiger partial charge >= 0.3 is 0 Å². The molecule has 0 bridgehead atoms. The van der Waals surface area contributed by atoms with Crippen LogP contribution in [0.3, 0.4) is 0 Å². The highest BCUT2D eigenvalue weighted by atomic mass is 16.7. The molecule has 0 N–H and O–H groups in total. The number of nitrogens with zero attached hydrogens (tertiary/aromatic N) is 2. The van der Waals surface area contributed by atoms with Crippen molar-refractivity contribution in [3.05, 3.63) is 0 Å². The molecule has 0 atom stereocenters. The third kappa shape index (κ3) is 3.89. The lowest BCUT2D eigenvalue weighted by atomic mass is 10.4. The van der Waals surface area contributed by atoms with E-state index in [1.807, 2.05) is 0 Å². The van der Waals surface area contributed by atoms with Gasteiger partial charge in [0.2, 0.25) is 5.91 Å². The predicted octanol–water partition coefficient (Wildman–Crippen LogP) is -0.125. The molecule has 5 nitrogen and oxygen atoms in total. The van der Waals surface area contributed by atoms with Crippen molar-refractivity contribution in [2.45, 2.75) is 13.8 Å². The van der Waals surface area contributed by atoms with Crippen LogP contribution >= 0.6 is 0 Å². The second-order valence-electron chi connectivity index (χ2n) is 2.48. The molecule has 0 fully saturated rings. The van der Waals surface area contributed by atoms with Crippen LogP contribution in [0.1, 0.15) is 15.2 Å². The van der Waals surface area contributed by atoms with Crippen LogP contribution in [0.2, 0.25) is 0 Å². The first kappa shape index (κ1) is 9.98. The number of hydrogen-bond donors (Lipinski definition) is 0. The minimum Gasteiger partial charge on any atom is -0.334 e. The molecule has 5 heteroatoms. The molecule has 0 unspecified atom stereocenters. The topological polar surface area (TPSA) is 49.9 Å². The lowest BCUT2D eigenvalue weighted by Gasteiger charge is -2.21. The standard InChI is InChI=1S/C8H16N2O3/c1-5-10(7(2)11)6-8(12)9(3)13-4/h5-6H2,1-4H3/i2T. The molecule has 13 heavy (non-hydrogen) atoms. The number of hydroxylamine groups is 2. The van der Waals surface area contributed by atoms with Crippen molar-refractivity contribution >= 4 is 11.8 Å².